The number of nitrogens with zero attached hydrogens (tertiary/aromatic N) is 1. The molecule has 0 saturated carbocycles. The summed E-state index contributed by atoms with van der Waals surface area (Å²) in [6.07, 6.45) is 1.91. The monoisotopic (exact) mass is 323 g/mol. The van der Waals surface area contributed by atoms with Gasteiger partial charge in [0.15, 0.2) is 0 Å². The summed E-state index contributed by atoms with van der Waals surface area (Å²) < 4.78 is 5.78. The number of hydrogen-bond donors (Lipinski definition) is 0. The van der Waals surface area contributed by atoms with Gasteiger partial charge in [0, 0.05) is 11.8 Å². The topological polar surface area (TPSA) is 22.1 Å². The lowest BCUT2D eigenvalue weighted by Crippen LogP contribution is -2.10. The molecule has 0 N–H and O–H groups in total. The summed E-state index contributed by atoms with van der Waals surface area (Å²) in [5.41, 5.74) is 2.48. The summed E-state index contributed by atoms with van der Waals surface area (Å²) in [6, 6.07) is 8.39. The minimum Gasteiger partial charge on any atom is -0.494 e. The van der Waals surface area contributed by atoms with Crippen molar-refractivity contribution in [2.45, 2.75) is 44.9 Å². The molecule has 114 valence electrons. The fourth-order valence-corrected chi connectivity index (χ4v) is 3.06. The van der Waals surface area contributed by atoms with E-state index in [1.54, 1.807) is 11.3 Å². The maximum absolute atomic E-state index is 5.78. The molecule has 0 radical (unpaired) electrons. The second kappa shape index (κ2) is 7.28. The van der Waals surface area contributed by atoms with E-state index in [1.165, 1.54) is 5.56 Å². The third kappa shape index (κ3) is 5.01. The van der Waals surface area contributed by atoms with Crippen LogP contribution in [0.3, 0.4) is 0 Å². The number of hydrogen-bond acceptors (Lipinski definition) is 3. The fourth-order valence-electron chi connectivity index (χ4n) is 1.99. The zero-order chi connectivity index (χ0) is 15.3. The van der Waals surface area contributed by atoms with Crippen LogP contribution < -0.4 is 4.74 Å². The Kier molecular flexibility index (Phi) is 5.65. The maximum atomic E-state index is 5.78. The minimum absolute atomic E-state index is 0.184. The highest BCUT2D eigenvalue weighted by Gasteiger charge is 2.12. The van der Waals surface area contributed by atoms with Crippen LogP contribution in [0.25, 0.3) is 0 Å². The van der Waals surface area contributed by atoms with Gasteiger partial charge in [0.05, 0.1) is 23.2 Å². The maximum Gasteiger partial charge on any atom is 0.119 e. The van der Waals surface area contributed by atoms with Crippen LogP contribution in [0, 0.1) is 0 Å². The highest BCUT2D eigenvalue weighted by molar-refractivity contribution is 7.09. The van der Waals surface area contributed by atoms with Crippen LogP contribution in [-0.4, -0.2) is 11.6 Å². The molecule has 1 heterocycles. The molecule has 0 aliphatic carbocycles. The van der Waals surface area contributed by atoms with Crippen LogP contribution >= 0.6 is 22.9 Å². The van der Waals surface area contributed by atoms with Crippen LogP contribution in [0.5, 0.6) is 5.75 Å². The lowest BCUT2D eigenvalue weighted by atomic mass is 9.87. The van der Waals surface area contributed by atoms with Gasteiger partial charge in [-0.05, 0) is 29.5 Å². The zero-order valence-corrected chi connectivity index (χ0v) is 14.4. The van der Waals surface area contributed by atoms with Crippen molar-refractivity contribution in [1.29, 1.82) is 0 Å². The summed E-state index contributed by atoms with van der Waals surface area (Å²) in [6.45, 7) is 7.36. The average molecular weight is 324 g/mol. The van der Waals surface area contributed by atoms with Gasteiger partial charge in [0.25, 0.3) is 0 Å². The van der Waals surface area contributed by atoms with Gasteiger partial charge < -0.3 is 4.74 Å². The first-order valence-corrected chi connectivity index (χ1v) is 8.63. The molecular weight excluding hydrogens is 302 g/mol. The third-order valence-corrected chi connectivity index (χ3v) is 4.49. The van der Waals surface area contributed by atoms with E-state index in [9.17, 15) is 0 Å². The number of halogens is 1. The quantitative estimate of drug-likeness (QED) is 0.539. The molecule has 4 heteroatoms. The molecule has 0 spiro atoms. The van der Waals surface area contributed by atoms with Crippen molar-refractivity contribution in [1.82, 2.24) is 4.98 Å². The van der Waals surface area contributed by atoms with E-state index in [0.717, 1.165) is 29.3 Å². The first-order chi connectivity index (χ1) is 9.99. The largest absolute Gasteiger partial charge is 0.494 e. The number of benzene rings is 1. The Balaban J connectivity index is 1.76. The van der Waals surface area contributed by atoms with Crippen LogP contribution in [-0.2, 0) is 17.7 Å². The van der Waals surface area contributed by atoms with E-state index in [-0.39, 0.29) is 5.41 Å². The molecule has 0 unspecified atom stereocenters. The molecule has 0 saturated heterocycles. The van der Waals surface area contributed by atoms with E-state index >= 15 is 0 Å². The van der Waals surface area contributed by atoms with Gasteiger partial charge in [0.2, 0.25) is 0 Å². The second-order valence-corrected chi connectivity index (χ2v) is 7.30. The standard InChI is InChI=1S/C17H22ClNOS/c1-17(2,3)13-6-8-15(9-7-13)20-10-4-5-16-19-14(11-18)12-21-16/h6-9,12H,4-5,10-11H2,1-3H3. The highest BCUT2D eigenvalue weighted by Crippen LogP contribution is 2.24. The first-order valence-electron chi connectivity index (χ1n) is 7.21. The molecule has 2 rings (SSSR count). The Bertz CT molecular complexity index is 557. The lowest BCUT2D eigenvalue weighted by Gasteiger charge is -2.19. The summed E-state index contributed by atoms with van der Waals surface area (Å²) in [7, 11) is 0. The molecule has 0 atom stereocenters. The van der Waals surface area contributed by atoms with E-state index in [0.29, 0.717) is 12.5 Å². The van der Waals surface area contributed by atoms with Gasteiger partial charge in [-0.1, -0.05) is 32.9 Å². The van der Waals surface area contributed by atoms with Gasteiger partial charge in [-0.3, -0.25) is 0 Å². The molecule has 1 aromatic heterocycles. The van der Waals surface area contributed by atoms with Crippen LogP contribution in [0.15, 0.2) is 29.6 Å². The van der Waals surface area contributed by atoms with E-state index in [4.69, 9.17) is 16.3 Å². The number of thiazole rings is 1. The van der Waals surface area contributed by atoms with Gasteiger partial charge in [-0.15, -0.1) is 22.9 Å². The van der Waals surface area contributed by atoms with Crippen molar-refractivity contribution < 1.29 is 4.74 Å². The molecule has 0 bridgehead atoms. The molecule has 0 fully saturated rings. The molecule has 0 aliphatic heterocycles. The summed E-state index contributed by atoms with van der Waals surface area (Å²) in [5, 5.41) is 3.16. The predicted octanol–water partition coefficient (Wildman–Crippen LogP) is 5.19. The van der Waals surface area contributed by atoms with Gasteiger partial charge in [-0.2, -0.15) is 0 Å². The van der Waals surface area contributed by atoms with Crippen LogP contribution in [0.4, 0.5) is 0 Å². The Morgan fingerprint density at radius 1 is 1.19 bits per heavy atom. The van der Waals surface area contributed by atoms with Gasteiger partial charge in [0.1, 0.15) is 5.75 Å². The normalized spacial score (nSPS) is 11.6. The summed E-state index contributed by atoms with van der Waals surface area (Å²) in [5.74, 6) is 1.43. The number of rotatable bonds is 6. The van der Waals surface area contributed by atoms with E-state index in [2.05, 4.69) is 50.0 Å². The van der Waals surface area contributed by atoms with Crippen molar-refractivity contribution in [2.75, 3.05) is 6.61 Å². The van der Waals surface area contributed by atoms with E-state index in [1.807, 2.05) is 5.38 Å². The summed E-state index contributed by atoms with van der Waals surface area (Å²) >= 11 is 7.42. The average Bonchev–Trinajstić information content (AvgIpc) is 2.91. The van der Waals surface area contributed by atoms with Crippen molar-refractivity contribution in [3.8, 4) is 5.75 Å². The Morgan fingerprint density at radius 2 is 1.90 bits per heavy atom. The zero-order valence-electron chi connectivity index (χ0n) is 12.9. The highest BCUT2D eigenvalue weighted by atomic mass is 35.5. The van der Waals surface area contributed by atoms with Crippen LogP contribution in [0.1, 0.15) is 43.5 Å². The Hall–Kier alpha value is -1.06. The van der Waals surface area contributed by atoms with Crippen molar-refractivity contribution >= 4 is 22.9 Å². The number of aromatic nitrogens is 1. The van der Waals surface area contributed by atoms with E-state index < -0.39 is 0 Å². The van der Waals surface area contributed by atoms with Gasteiger partial charge in [-0.25, -0.2) is 4.98 Å². The number of ether oxygens (including phenoxy) is 1. The Labute approximate surface area is 136 Å². The number of aryl methyl sites for hydroxylation is 1. The molecule has 21 heavy (non-hydrogen) atoms. The first kappa shape index (κ1) is 16.3. The predicted molar refractivity (Wildman–Crippen MR) is 90.6 cm³/mol. The molecular formula is C17H22ClNOS. The molecule has 0 aliphatic rings. The molecule has 2 nitrogen and oxygen atoms in total. The molecule has 1 aromatic carbocycles. The van der Waals surface area contributed by atoms with Crippen molar-refractivity contribution in [2.24, 2.45) is 0 Å². The van der Waals surface area contributed by atoms with Crippen molar-refractivity contribution in [3.63, 3.8) is 0 Å². The minimum atomic E-state index is 0.184. The lowest BCUT2D eigenvalue weighted by molar-refractivity contribution is 0.310. The van der Waals surface area contributed by atoms with Gasteiger partial charge >= 0.3 is 0 Å². The van der Waals surface area contributed by atoms with Crippen LogP contribution in [0.2, 0.25) is 0 Å². The molecule has 0 amide bonds. The Morgan fingerprint density at radius 3 is 2.48 bits per heavy atom. The number of alkyl halides is 1. The fraction of sp³-hybridized carbons (Fsp3) is 0.471. The SMILES string of the molecule is CC(C)(C)c1ccc(OCCCc2nc(CCl)cs2)cc1. The smallest absolute Gasteiger partial charge is 0.119 e. The third-order valence-electron chi connectivity index (χ3n) is 3.26. The molecule has 2 aromatic rings. The summed E-state index contributed by atoms with van der Waals surface area (Å²) in [4.78, 5) is 4.44. The second-order valence-electron chi connectivity index (χ2n) is 6.09. The van der Waals surface area contributed by atoms with Crippen molar-refractivity contribution in [3.05, 3.63) is 45.9 Å².